The van der Waals surface area contributed by atoms with Crippen molar-refractivity contribution in [1.82, 2.24) is 15.1 Å². The Morgan fingerprint density at radius 1 is 1.33 bits per heavy atom. The average molecular weight is 253 g/mol. The zero-order valence-electron chi connectivity index (χ0n) is 11.2. The topological polar surface area (TPSA) is 75.6 Å². The van der Waals surface area contributed by atoms with E-state index in [2.05, 4.69) is 10.2 Å². The van der Waals surface area contributed by atoms with Gasteiger partial charge < -0.3 is 14.7 Å². The van der Waals surface area contributed by atoms with E-state index < -0.39 is 5.97 Å². The highest BCUT2D eigenvalue weighted by Crippen LogP contribution is 2.20. The van der Waals surface area contributed by atoms with Gasteiger partial charge in [-0.1, -0.05) is 0 Å². The minimum atomic E-state index is -1.03. The predicted octanol–water partition coefficient (Wildman–Crippen LogP) is 1.12. The summed E-state index contributed by atoms with van der Waals surface area (Å²) in [6.45, 7) is 4.74. The molecule has 0 unspecified atom stereocenters. The molecule has 0 bridgehead atoms. The molecule has 0 aromatic carbocycles. The van der Waals surface area contributed by atoms with E-state index >= 15 is 0 Å². The molecule has 1 rings (SSSR count). The second-order valence-electron chi connectivity index (χ2n) is 4.40. The molecule has 0 saturated carbocycles. The van der Waals surface area contributed by atoms with Crippen molar-refractivity contribution in [2.45, 2.75) is 20.3 Å². The number of hydrogen-bond donors (Lipinski definition) is 1. The zero-order valence-corrected chi connectivity index (χ0v) is 11.2. The maximum Gasteiger partial charge on any atom is 0.341 e. The Hall–Kier alpha value is -1.69. The lowest BCUT2D eigenvalue weighted by molar-refractivity contribution is 0.0689. The number of aromatic nitrogens is 2. The van der Waals surface area contributed by atoms with Crippen molar-refractivity contribution in [3.05, 3.63) is 16.8 Å². The van der Waals surface area contributed by atoms with Crippen molar-refractivity contribution in [1.29, 1.82) is 0 Å². The van der Waals surface area contributed by atoms with E-state index in [1.807, 2.05) is 19.0 Å². The molecule has 6 heteroatoms. The molecule has 0 aliphatic carbocycles. The summed E-state index contributed by atoms with van der Waals surface area (Å²) in [5.74, 6) is -0.933. The summed E-state index contributed by atoms with van der Waals surface area (Å²) in [5, 5.41) is 16.9. The number of carboxylic acid groups (broad SMARTS) is 1. The molecule has 0 aliphatic rings. The molecule has 0 fully saturated rings. The highest BCUT2D eigenvalue weighted by atomic mass is 16.5. The summed E-state index contributed by atoms with van der Waals surface area (Å²) in [6, 6.07) is 0. The van der Waals surface area contributed by atoms with Crippen LogP contribution in [0.25, 0.3) is 0 Å². The predicted molar refractivity (Wildman–Crippen MR) is 67.1 cm³/mol. The smallest absolute Gasteiger partial charge is 0.341 e. The third-order valence-electron chi connectivity index (χ3n) is 2.62. The molecule has 6 nitrogen and oxygen atoms in total. The van der Waals surface area contributed by atoms with Crippen molar-refractivity contribution in [2.24, 2.45) is 0 Å². The standard InChI is InChI=1S/C12H19N3O3/c1-8-9(2)13-14-11(10(8)12(16)17)18-7-5-6-15(3)4/h5-7H2,1-4H3,(H,16,17). The lowest BCUT2D eigenvalue weighted by Crippen LogP contribution is -2.17. The number of aryl methyl sites for hydroxylation is 1. The highest BCUT2D eigenvalue weighted by Gasteiger charge is 2.18. The third kappa shape index (κ3) is 3.66. The first-order valence-electron chi connectivity index (χ1n) is 5.78. The van der Waals surface area contributed by atoms with Gasteiger partial charge in [0.25, 0.3) is 0 Å². The molecular weight excluding hydrogens is 234 g/mol. The molecule has 0 saturated heterocycles. The van der Waals surface area contributed by atoms with Gasteiger partial charge in [-0.3, -0.25) is 0 Å². The SMILES string of the molecule is Cc1nnc(OCCCN(C)C)c(C(=O)O)c1C. The Bertz CT molecular complexity index is 433. The Balaban J connectivity index is 2.76. The fourth-order valence-electron chi connectivity index (χ4n) is 1.49. The minimum absolute atomic E-state index is 0.101. The summed E-state index contributed by atoms with van der Waals surface area (Å²) in [6.07, 6.45) is 0.806. The van der Waals surface area contributed by atoms with Crippen molar-refractivity contribution < 1.29 is 14.6 Å². The lowest BCUT2D eigenvalue weighted by atomic mass is 10.1. The first-order valence-corrected chi connectivity index (χ1v) is 5.78. The van der Waals surface area contributed by atoms with Gasteiger partial charge in [-0.15, -0.1) is 5.10 Å². The molecule has 0 spiro atoms. The molecule has 1 aromatic heterocycles. The number of ether oxygens (including phenoxy) is 1. The molecule has 0 atom stereocenters. The minimum Gasteiger partial charge on any atom is -0.477 e. The lowest BCUT2D eigenvalue weighted by Gasteiger charge is -2.12. The average Bonchev–Trinajstić information content (AvgIpc) is 2.28. The maximum absolute atomic E-state index is 11.2. The van der Waals surface area contributed by atoms with Crippen LogP contribution in [0.3, 0.4) is 0 Å². The maximum atomic E-state index is 11.2. The van der Waals surface area contributed by atoms with Crippen LogP contribution in [0.5, 0.6) is 5.88 Å². The Kier molecular flexibility index (Phi) is 5.03. The van der Waals surface area contributed by atoms with Crippen LogP contribution in [-0.2, 0) is 0 Å². The van der Waals surface area contributed by atoms with Crippen LogP contribution in [0.2, 0.25) is 0 Å². The van der Waals surface area contributed by atoms with E-state index in [1.54, 1.807) is 13.8 Å². The van der Waals surface area contributed by atoms with Gasteiger partial charge in [0, 0.05) is 6.54 Å². The highest BCUT2D eigenvalue weighted by molar-refractivity contribution is 5.91. The van der Waals surface area contributed by atoms with Crippen LogP contribution in [-0.4, -0.2) is 53.4 Å². The summed E-state index contributed by atoms with van der Waals surface area (Å²) < 4.78 is 5.40. The molecule has 0 amide bonds. The van der Waals surface area contributed by atoms with E-state index in [9.17, 15) is 4.79 Å². The summed E-state index contributed by atoms with van der Waals surface area (Å²) >= 11 is 0. The molecule has 0 radical (unpaired) electrons. The number of nitrogens with zero attached hydrogens (tertiary/aromatic N) is 3. The van der Waals surface area contributed by atoms with E-state index in [0.717, 1.165) is 13.0 Å². The van der Waals surface area contributed by atoms with Crippen LogP contribution >= 0.6 is 0 Å². The van der Waals surface area contributed by atoms with Crippen LogP contribution in [0, 0.1) is 13.8 Å². The van der Waals surface area contributed by atoms with Crippen molar-refractivity contribution in [3.63, 3.8) is 0 Å². The Labute approximate surface area is 107 Å². The fraction of sp³-hybridized carbons (Fsp3) is 0.583. The first kappa shape index (κ1) is 14.4. The quantitative estimate of drug-likeness (QED) is 0.766. The van der Waals surface area contributed by atoms with Gasteiger partial charge in [0.15, 0.2) is 0 Å². The van der Waals surface area contributed by atoms with Crippen molar-refractivity contribution >= 4 is 5.97 Å². The van der Waals surface area contributed by atoms with Gasteiger partial charge in [0.2, 0.25) is 5.88 Å². The van der Waals surface area contributed by atoms with Gasteiger partial charge >= 0.3 is 5.97 Å². The van der Waals surface area contributed by atoms with E-state index in [1.165, 1.54) is 0 Å². The summed E-state index contributed by atoms with van der Waals surface area (Å²) in [7, 11) is 3.94. The fourth-order valence-corrected chi connectivity index (χ4v) is 1.49. The third-order valence-corrected chi connectivity index (χ3v) is 2.62. The molecular formula is C12H19N3O3. The summed E-state index contributed by atoms with van der Waals surface area (Å²) in [5.41, 5.74) is 1.31. The second-order valence-corrected chi connectivity index (χ2v) is 4.40. The number of carboxylic acids is 1. The number of aromatic carboxylic acids is 1. The Morgan fingerprint density at radius 2 is 2.00 bits per heavy atom. The second kappa shape index (κ2) is 6.30. The number of carbonyl (C=O) groups is 1. The van der Waals surface area contributed by atoms with Crippen LogP contribution in [0.1, 0.15) is 28.0 Å². The number of rotatable bonds is 6. The van der Waals surface area contributed by atoms with Crippen LogP contribution < -0.4 is 4.74 Å². The monoisotopic (exact) mass is 253 g/mol. The molecule has 1 N–H and O–H groups in total. The zero-order chi connectivity index (χ0) is 13.7. The van der Waals surface area contributed by atoms with E-state index in [-0.39, 0.29) is 11.4 Å². The van der Waals surface area contributed by atoms with Crippen molar-refractivity contribution in [2.75, 3.05) is 27.2 Å². The van der Waals surface area contributed by atoms with Crippen LogP contribution in [0.4, 0.5) is 0 Å². The molecule has 100 valence electrons. The molecule has 18 heavy (non-hydrogen) atoms. The van der Waals surface area contributed by atoms with E-state index in [4.69, 9.17) is 9.84 Å². The van der Waals surface area contributed by atoms with Gasteiger partial charge in [-0.05, 0) is 39.9 Å². The first-order chi connectivity index (χ1) is 8.43. The Morgan fingerprint density at radius 3 is 2.56 bits per heavy atom. The summed E-state index contributed by atoms with van der Waals surface area (Å²) in [4.78, 5) is 13.2. The molecule has 0 aliphatic heterocycles. The van der Waals surface area contributed by atoms with Gasteiger partial charge in [-0.2, -0.15) is 5.10 Å². The van der Waals surface area contributed by atoms with E-state index in [0.29, 0.717) is 17.9 Å². The normalized spacial score (nSPS) is 10.7. The van der Waals surface area contributed by atoms with Crippen LogP contribution in [0.15, 0.2) is 0 Å². The van der Waals surface area contributed by atoms with Gasteiger partial charge in [-0.25, -0.2) is 4.79 Å². The van der Waals surface area contributed by atoms with Crippen molar-refractivity contribution in [3.8, 4) is 5.88 Å². The van der Waals surface area contributed by atoms with Gasteiger partial charge in [0.05, 0.1) is 12.3 Å². The van der Waals surface area contributed by atoms with Gasteiger partial charge in [0.1, 0.15) is 5.56 Å². The molecule has 1 heterocycles. The molecule has 1 aromatic rings. The number of hydrogen-bond acceptors (Lipinski definition) is 5. The largest absolute Gasteiger partial charge is 0.477 e.